The van der Waals surface area contributed by atoms with Gasteiger partial charge in [-0.15, -0.1) is 0 Å². The Hall–Kier alpha value is -2.10. The van der Waals surface area contributed by atoms with E-state index in [9.17, 15) is 4.79 Å². The second-order valence-electron chi connectivity index (χ2n) is 4.34. The van der Waals surface area contributed by atoms with Crippen LogP contribution in [0.15, 0.2) is 30.3 Å². The van der Waals surface area contributed by atoms with E-state index in [2.05, 4.69) is 15.5 Å². The van der Waals surface area contributed by atoms with E-state index < -0.39 is 0 Å². The molecule has 2 N–H and O–H groups in total. The predicted molar refractivity (Wildman–Crippen MR) is 71.5 cm³/mol. The summed E-state index contributed by atoms with van der Waals surface area (Å²) in [7, 11) is 0. The summed E-state index contributed by atoms with van der Waals surface area (Å²) in [5.74, 6) is 0.0199. The third-order valence-corrected chi connectivity index (χ3v) is 2.88. The summed E-state index contributed by atoms with van der Waals surface area (Å²) >= 11 is 0. The van der Waals surface area contributed by atoms with E-state index in [4.69, 9.17) is 0 Å². The smallest absolute Gasteiger partial charge is 0.224 e. The van der Waals surface area contributed by atoms with Crippen molar-refractivity contribution in [2.24, 2.45) is 0 Å². The summed E-state index contributed by atoms with van der Waals surface area (Å²) in [6.45, 7) is 3.77. The van der Waals surface area contributed by atoms with Crippen LogP contribution in [0.25, 0.3) is 0 Å². The predicted octanol–water partition coefficient (Wildman–Crippen LogP) is 2.60. The fourth-order valence-electron chi connectivity index (χ4n) is 1.84. The van der Waals surface area contributed by atoms with Gasteiger partial charge < -0.3 is 5.32 Å². The van der Waals surface area contributed by atoms with Crippen LogP contribution in [0.2, 0.25) is 0 Å². The van der Waals surface area contributed by atoms with Crippen LogP contribution in [0, 0.1) is 13.8 Å². The van der Waals surface area contributed by atoms with Crippen molar-refractivity contribution < 1.29 is 4.79 Å². The average molecular weight is 243 g/mol. The molecule has 0 spiro atoms. The zero-order valence-corrected chi connectivity index (χ0v) is 10.7. The van der Waals surface area contributed by atoms with Crippen LogP contribution in [-0.2, 0) is 11.2 Å². The van der Waals surface area contributed by atoms with Crippen molar-refractivity contribution in [2.45, 2.75) is 26.7 Å². The lowest BCUT2D eigenvalue weighted by atomic mass is 10.1. The molecule has 1 aromatic carbocycles. The van der Waals surface area contributed by atoms with Crippen molar-refractivity contribution in [2.75, 3.05) is 5.32 Å². The van der Waals surface area contributed by atoms with Crippen molar-refractivity contribution in [3.8, 4) is 0 Å². The summed E-state index contributed by atoms with van der Waals surface area (Å²) in [4.78, 5) is 11.8. The summed E-state index contributed by atoms with van der Waals surface area (Å²) in [5, 5.41) is 9.80. The monoisotopic (exact) mass is 243 g/mol. The molecule has 94 valence electrons. The third-order valence-electron chi connectivity index (χ3n) is 2.88. The number of nitrogens with zero attached hydrogens (tertiary/aromatic N) is 1. The lowest BCUT2D eigenvalue weighted by Gasteiger charge is -2.05. The number of aromatic nitrogens is 2. The number of benzene rings is 1. The highest BCUT2D eigenvalue weighted by molar-refractivity contribution is 5.91. The molecule has 0 radical (unpaired) electrons. The fraction of sp³-hybridized carbons (Fsp3) is 0.286. The van der Waals surface area contributed by atoms with Crippen molar-refractivity contribution in [3.63, 3.8) is 0 Å². The van der Waals surface area contributed by atoms with Gasteiger partial charge in [0.1, 0.15) is 0 Å². The minimum absolute atomic E-state index is 0.0199. The molecule has 0 saturated heterocycles. The van der Waals surface area contributed by atoms with Gasteiger partial charge in [-0.05, 0) is 25.8 Å². The number of H-pyrrole nitrogens is 1. The molecule has 0 aliphatic rings. The summed E-state index contributed by atoms with van der Waals surface area (Å²) in [6.07, 6.45) is 1.23. The van der Waals surface area contributed by atoms with Crippen LogP contribution in [0.5, 0.6) is 0 Å². The van der Waals surface area contributed by atoms with Gasteiger partial charge in [-0.1, -0.05) is 30.3 Å². The van der Waals surface area contributed by atoms with Gasteiger partial charge >= 0.3 is 0 Å². The van der Waals surface area contributed by atoms with Crippen LogP contribution in [0.3, 0.4) is 0 Å². The van der Waals surface area contributed by atoms with E-state index in [1.165, 1.54) is 5.56 Å². The normalized spacial score (nSPS) is 10.3. The van der Waals surface area contributed by atoms with E-state index in [-0.39, 0.29) is 5.91 Å². The quantitative estimate of drug-likeness (QED) is 0.867. The molecule has 18 heavy (non-hydrogen) atoms. The summed E-state index contributed by atoms with van der Waals surface area (Å²) in [6, 6.07) is 10.0. The van der Waals surface area contributed by atoms with E-state index in [0.717, 1.165) is 23.5 Å². The molecule has 0 unspecified atom stereocenters. The minimum Gasteiger partial charge on any atom is -0.323 e. The molecule has 1 heterocycles. The molecule has 4 heteroatoms. The molecule has 1 amide bonds. The molecule has 0 bridgehead atoms. The van der Waals surface area contributed by atoms with Crippen LogP contribution in [-0.4, -0.2) is 16.1 Å². The Morgan fingerprint density at radius 1 is 1.28 bits per heavy atom. The van der Waals surface area contributed by atoms with Gasteiger partial charge in [0.2, 0.25) is 5.91 Å². The summed E-state index contributed by atoms with van der Waals surface area (Å²) < 4.78 is 0. The van der Waals surface area contributed by atoms with Crippen LogP contribution >= 0.6 is 0 Å². The number of rotatable bonds is 4. The highest BCUT2D eigenvalue weighted by Crippen LogP contribution is 2.16. The molecule has 0 aliphatic heterocycles. The topological polar surface area (TPSA) is 57.8 Å². The number of nitrogens with one attached hydrogen (secondary N) is 2. The van der Waals surface area contributed by atoms with Gasteiger partial charge in [-0.3, -0.25) is 9.89 Å². The van der Waals surface area contributed by atoms with Gasteiger partial charge in [0, 0.05) is 6.42 Å². The van der Waals surface area contributed by atoms with Gasteiger partial charge in [-0.2, -0.15) is 5.10 Å². The fourth-order valence-corrected chi connectivity index (χ4v) is 1.84. The summed E-state index contributed by atoms with van der Waals surface area (Å²) in [5.41, 5.74) is 3.68. The maximum atomic E-state index is 11.8. The van der Waals surface area contributed by atoms with E-state index in [1.807, 2.05) is 44.2 Å². The lowest BCUT2D eigenvalue weighted by molar-refractivity contribution is -0.116. The zero-order chi connectivity index (χ0) is 13.0. The van der Waals surface area contributed by atoms with Gasteiger partial charge in [0.25, 0.3) is 0 Å². The Morgan fingerprint density at radius 2 is 2.00 bits per heavy atom. The lowest BCUT2D eigenvalue weighted by Crippen LogP contribution is -2.13. The number of aryl methyl sites for hydroxylation is 3. The molecule has 4 nitrogen and oxygen atoms in total. The van der Waals surface area contributed by atoms with Crippen molar-refractivity contribution >= 4 is 11.6 Å². The Balaban J connectivity index is 1.90. The highest BCUT2D eigenvalue weighted by Gasteiger charge is 2.09. The largest absolute Gasteiger partial charge is 0.323 e. The van der Waals surface area contributed by atoms with Crippen LogP contribution in [0.4, 0.5) is 5.69 Å². The maximum absolute atomic E-state index is 11.8. The minimum atomic E-state index is 0.0199. The van der Waals surface area contributed by atoms with Gasteiger partial charge in [0.15, 0.2) is 0 Å². The van der Waals surface area contributed by atoms with Crippen molar-refractivity contribution in [1.29, 1.82) is 0 Å². The zero-order valence-electron chi connectivity index (χ0n) is 10.7. The molecule has 2 rings (SSSR count). The number of carbonyl (C=O) groups excluding carboxylic acids is 1. The Morgan fingerprint density at radius 3 is 2.61 bits per heavy atom. The first-order chi connectivity index (χ1) is 8.66. The second-order valence-corrected chi connectivity index (χ2v) is 4.34. The number of anilines is 1. The number of carbonyl (C=O) groups is 1. The van der Waals surface area contributed by atoms with Crippen molar-refractivity contribution in [1.82, 2.24) is 10.2 Å². The molecule has 0 aliphatic carbocycles. The highest BCUT2D eigenvalue weighted by atomic mass is 16.1. The Bertz CT molecular complexity index is 512. The maximum Gasteiger partial charge on any atom is 0.224 e. The first kappa shape index (κ1) is 12.4. The van der Waals surface area contributed by atoms with Crippen molar-refractivity contribution in [3.05, 3.63) is 47.3 Å². The number of hydrogen-bond donors (Lipinski definition) is 2. The van der Waals surface area contributed by atoms with Gasteiger partial charge in [-0.25, -0.2) is 0 Å². The second kappa shape index (κ2) is 5.49. The first-order valence-electron chi connectivity index (χ1n) is 6.02. The molecular weight excluding hydrogens is 226 g/mol. The Kier molecular flexibility index (Phi) is 3.77. The van der Waals surface area contributed by atoms with E-state index in [0.29, 0.717) is 6.42 Å². The van der Waals surface area contributed by atoms with E-state index >= 15 is 0 Å². The number of amides is 1. The molecule has 0 fully saturated rings. The number of aromatic amines is 1. The van der Waals surface area contributed by atoms with Gasteiger partial charge in [0.05, 0.1) is 17.1 Å². The molecule has 0 saturated carbocycles. The third kappa shape index (κ3) is 2.97. The first-order valence-corrected chi connectivity index (χ1v) is 6.02. The molecule has 2 aromatic rings. The molecular formula is C14H17N3O. The molecule has 0 atom stereocenters. The van der Waals surface area contributed by atoms with Crippen LogP contribution < -0.4 is 5.32 Å². The Labute approximate surface area is 106 Å². The number of hydrogen-bond acceptors (Lipinski definition) is 2. The standard InChI is InChI=1S/C14H17N3O/c1-10-14(11(2)17-16-10)15-13(18)9-8-12-6-4-3-5-7-12/h3-7H,8-9H2,1-2H3,(H,15,18)(H,16,17). The SMILES string of the molecule is Cc1n[nH]c(C)c1NC(=O)CCc1ccccc1. The molecule has 1 aromatic heterocycles. The van der Waals surface area contributed by atoms with E-state index in [1.54, 1.807) is 0 Å². The average Bonchev–Trinajstić information content (AvgIpc) is 2.69. The van der Waals surface area contributed by atoms with Crippen LogP contribution in [0.1, 0.15) is 23.4 Å².